The van der Waals surface area contributed by atoms with E-state index in [4.69, 9.17) is 0 Å². The first-order valence-electron chi connectivity index (χ1n) is 5.68. The second-order valence-electron chi connectivity index (χ2n) is 3.44. The first kappa shape index (κ1) is 12.6. The van der Waals surface area contributed by atoms with E-state index in [2.05, 4.69) is 29.1 Å². The number of hydrogen-bond acceptors (Lipinski definition) is 3. The first-order valence-corrected chi connectivity index (χ1v) is 6.84. The van der Waals surface area contributed by atoms with Crippen LogP contribution >= 0.6 is 11.8 Å². The van der Waals surface area contributed by atoms with Gasteiger partial charge in [0.15, 0.2) is 0 Å². The van der Waals surface area contributed by atoms with Crippen molar-refractivity contribution in [3.05, 3.63) is 18.2 Å². The van der Waals surface area contributed by atoms with Crippen molar-refractivity contribution >= 4 is 11.8 Å². The molecule has 3 nitrogen and oxygen atoms in total. The molecule has 1 rings (SSSR count). The summed E-state index contributed by atoms with van der Waals surface area (Å²) >= 11 is 2.00. The highest BCUT2D eigenvalue weighted by molar-refractivity contribution is 7.99. The molecule has 4 heteroatoms. The average molecular weight is 227 g/mol. The van der Waals surface area contributed by atoms with E-state index in [0.717, 1.165) is 18.8 Å². The third-order valence-electron chi connectivity index (χ3n) is 2.32. The highest BCUT2D eigenvalue weighted by Crippen LogP contribution is 2.11. The Bertz CT molecular complexity index is 236. The molecule has 0 aliphatic rings. The maximum atomic E-state index is 4.28. The van der Waals surface area contributed by atoms with E-state index in [1.807, 2.05) is 24.2 Å². The van der Waals surface area contributed by atoms with Crippen molar-refractivity contribution in [1.29, 1.82) is 0 Å². The van der Waals surface area contributed by atoms with Crippen molar-refractivity contribution < 1.29 is 0 Å². The number of thioether (sulfide) groups is 1. The van der Waals surface area contributed by atoms with Crippen LogP contribution in [0.25, 0.3) is 0 Å². The van der Waals surface area contributed by atoms with Gasteiger partial charge in [-0.1, -0.05) is 13.8 Å². The standard InChI is InChI=1S/C11H21N3S/c1-3-10(11-13-7-8-14-11)12-6-5-9-15-4-2/h7-8,10,12H,3-6,9H2,1-2H3,(H,13,14). The Hall–Kier alpha value is -0.480. The number of imidazole rings is 1. The lowest BCUT2D eigenvalue weighted by Gasteiger charge is -2.14. The van der Waals surface area contributed by atoms with Gasteiger partial charge in [0.2, 0.25) is 0 Å². The number of rotatable bonds is 8. The van der Waals surface area contributed by atoms with Crippen LogP contribution in [0, 0.1) is 0 Å². The van der Waals surface area contributed by atoms with Crippen LogP contribution < -0.4 is 5.32 Å². The van der Waals surface area contributed by atoms with Gasteiger partial charge in [-0.25, -0.2) is 4.98 Å². The molecule has 1 aromatic heterocycles. The summed E-state index contributed by atoms with van der Waals surface area (Å²) in [5.41, 5.74) is 0. The van der Waals surface area contributed by atoms with Gasteiger partial charge in [0.1, 0.15) is 5.82 Å². The predicted octanol–water partition coefficient (Wildman–Crippen LogP) is 2.59. The zero-order valence-electron chi connectivity index (χ0n) is 9.62. The average Bonchev–Trinajstić information content (AvgIpc) is 2.77. The van der Waals surface area contributed by atoms with Crippen LogP contribution in [0.4, 0.5) is 0 Å². The zero-order chi connectivity index (χ0) is 10.9. The van der Waals surface area contributed by atoms with Crippen molar-refractivity contribution in [2.45, 2.75) is 32.7 Å². The summed E-state index contributed by atoms with van der Waals surface area (Å²) in [6.07, 6.45) is 6.00. The van der Waals surface area contributed by atoms with E-state index in [-0.39, 0.29) is 0 Å². The molecule has 0 aliphatic carbocycles. The summed E-state index contributed by atoms with van der Waals surface area (Å²) in [6.45, 7) is 5.46. The van der Waals surface area contributed by atoms with Crippen LogP contribution in [0.3, 0.4) is 0 Å². The van der Waals surface area contributed by atoms with Gasteiger partial charge >= 0.3 is 0 Å². The van der Waals surface area contributed by atoms with Gasteiger partial charge in [0, 0.05) is 12.4 Å². The summed E-state index contributed by atoms with van der Waals surface area (Å²) in [5.74, 6) is 3.52. The van der Waals surface area contributed by atoms with Crippen LogP contribution in [0.2, 0.25) is 0 Å². The second-order valence-corrected chi connectivity index (χ2v) is 4.83. The molecule has 86 valence electrons. The zero-order valence-corrected chi connectivity index (χ0v) is 10.4. The van der Waals surface area contributed by atoms with E-state index >= 15 is 0 Å². The Kier molecular flexibility index (Phi) is 6.52. The van der Waals surface area contributed by atoms with Crippen molar-refractivity contribution in [2.24, 2.45) is 0 Å². The summed E-state index contributed by atoms with van der Waals surface area (Å²) in [6, 6.07) is 0.381. The first-order chi connectivity index (χ1) is 7.38. The molecule has 1 heterocycles. The molecule has 0 spiro atoms. The van der Waals surface area contributed by atoms with E-state index < -0.39 is 0 Å². The number of nitrogens with one attached hydrogen (secondary N) is 2. The molecule has 0 amide bonds. The molecule has 0 bridgehead atoms. The number of H-pyrrole nitrogens is 1. The molecule has 2 N–H and O–H groups in total. The van der Waals surface area contributed by atoms with Crippen LogP contribution in [-0.2, 0) is 0 Å². The SMILES string of the molecule is CCSCCCNC(CC)c1ncc[nH]1. The smallest absolute Gasteiger partial charge is 0.123 e. The fourth-order valence-electron chi connectivity index (χ4n) is 1.50. The van der Waals surface area contributed by atoms with E-state index in [9.17, 15) is 0 Å². The van der Waals surface area contributed by atoms with E-state index in [1.165, 1.54) is 17.9 Å². The molecule has 1 unspecified atom stereocenters. The number of aromatic amines is 1. The molecule has 0 saturated heterocycles. The summed E-state index contributed by atoms with van der Waals surface area (Å²) < 4.78 is 0. The molecule has 0 saturated carbocycles. The van der Waals surface area contributed by atoms with Gasteiger partial charge in [-0.05, 0) is 30.9 Å². The van der Waals surface area contributed by atoms with Gasteiger partial charge in [-0.15, -0.1) is 0 Å². The van der Waals surface area contributed by atoms with Crippen LogP contribution in [-0.4, -0.2) is 28.0 Å². The Morgan fingerprint density at radius 2 is 2.40 bits per heavy atom. The number of aromatic nitrogens is 2. The predicted molar refractivity (Wildman–Crippen MR) is 67.2 cm³/mol. The largest absolute Gasteiger partial charge is 0.347 e. The minimum Gasteiger partial charge on any atom is -0.347 e. The van der Waals surface area contributed by atoms with Gasteiger partial charge in [0.25, 0.3) is 0 Å². The molecular formula is C11H21N3S. The Balaban J connectivity index is 2.18. The number of nitrogens with zero attached hydrogens (tertiary/aromatic N) is 1. The topological polar surface area (TPSA) is 40.7 Å². The van der Waals surface area contributed by atoms with Crippen molar-refractivity contribution in [1.82, 2.24) is 15.3 Å². The summed E-state index contributed by atoms with van der Waals surface area (Å²) in [4.78, 5) is 7.44. The lowest BCUT2D eigenvalue weighted by molar-refractivity contribution is 0.499. The Morgan fingerprint density at radius 1 is 1.53 bits per heavy atom. The second kappa shape index (κ2) is 7.77. The Labute approximate surface area is 96.5 Å². The lowest BCUT2D eigenvalue weighted by Crippen LogP contribution is -2.23. The highest BCUT2D eigenvalue weighted by Gasteiger charge is 2.09. The van der Waals surface area contributed by atoms with Crippen molar-refractivity contribution in [3.8, 4) is 0 Å². The van der Waals surface area contributed by atoms with Gasteiger partial charge in [0.05, 0.1) is 6.04 Å². The van der Waals surface area contributed by atoms with E-state index in [0.29, 0.717) is 6.04 Å². The summed E-state index contributed by atoms with van der Waals surface area (Å²) in [7, 11) is 0. The fourth-order valence-corrected chi connectivity index (χ4v) is 2.13. The molecule has 15 heavy (non-hydrogen) atoms. The third kappa shape index (κ3) is 4.71. The molecule has 0 aromatic carbocycles. The maximum absolute atomic E-state index is 4.28. The molecule has 0 radical (unpaired) electrons. The van der Waals surface area contributed by atoms with Crippen LogP contribution in [0.15, 0.2) is 12.4 Å². The van der Waals surface area contributed by atoms with Gasteiger partial charge in [-0.3, -0.25) is 0 Å². The van der Waals surface area contributed by atoms with E-state index in [1.54, 1.807) is 0 Å². The Morgan fingerprint density at radius 3 is 3.00 bits per heavy atom. The normalized spacial score (nSPS) is 12.9. The quantitative estimate of drug-likeness (QED) is 0.671. The molecule has 1 aromatic rings. The van der Waals surface area contributed by atoms with Crippen LogP contribution in [0.1, 0.15) is 38.6 Å². The molecule has 1 atom stereocenters. The van der Waals surface area contributed by atoms with Gasteiger partial charge < -0.3 is 10.3 Å². The minimum atomic E-state index is 0.381. The van der Waals surface area contributed by atoms with Crippen molar-refractivity contribution in [3.63, 3.8) is 0 Å². The fraction of sp³-hybridized carbons (Fsp3) is 0.727. The minimum absolute atomic E-state index is 0.381. The third-order valence-corrected chi connectivity index (χ3v) is 3.30. The molecule has 0 fully saturated rings. The molecular weight excluding hydrogens is 206 g/mol. The highest BCUT2D eigenvalue weighted by atomic mass is 32.2. The van der Waals surface area contributed by atoms with Crippen LogP contribution in [0.5, 0.6) is 0 Å². The number of hydrogen-bond donors (Lipinski definition) is 2. The monoisotopic (exact) mass is 227 g/mol. The van der Waals surface area contributed by atoms with Gasteiger partial charge in [-0.2, -0.15) is 11.8 Å². The van der Waals surface area contributed by atoms with Crippen molar-refractivity contribution in [2.75, 3.05) is 18.1 Å². The summed E-state index contributed by atoms with van der Waals surface area (Å²) in [5, 5.41) is 3.52. The lowest BCUT2D eigenvalue weighted by atomic mass is 10.2. The maximum Gasteiger partial charge on any atom is 0.123 e. The molecule has 0 aliphatic heterocycles.